The molecular formula is C22H31F3N2O2. The summed E-state index contributed by atoms with van der Waals surface area (Å²) in [5.74, 6) is 2.42. The Kier molecular flexibility index (Phi) is 6.37. The molecule has 1 aliphatic heterocycles. The number of hydrogen-bond donors (Lipinski definition) is 1. The summed E-state index contributed by atoms with van der Waals surface area (Å²) in [6.07, 6.45) is 0.548. The summed E-state index contributed by atoms with van der Waals surface area (Å²) in [6.45, 7) is 4.43. The minimum Gasteiger partial charge on any atom is -0.389 e. The number of ether oxygens (including phenoxy) is 1. The molecule has 0 amide bonds. The lowest BCUT2D eigenvalue weighted by atomic mass is 9.90. The van der Waals surface area contributed by atoms with Gasteiger partial charge in [0.1, 0.15) is 0 Å². The van der Waals surface area contributed by atoms with Gasteiger partial charge < -0.3 is 14.7 Å². The first-order valence-electron chi connectivity index (χ1n) is 10.8. The van der Waals surface area contributed by atoms with Gasteiger partial charge in [0.2, 0.25) is 0 Å². The third-order valence-corrected chi connectivity index (χ3v) is 6.91. The Morgan fingerprint density at radius 2 is 1.90 bits per heavy atom. The zero-order chi connectivity index (χ0) is 20.4. The number of rotatable bonds is 7. The fourth-order valence-corrected chi connectivity index (χ4v) is 5.35. The highest BCUT2D eigenvalue weighted by molar-refractivity contribution is 5.49. The van der Waals surface area contributed by atoms with Gasteiger partial charge in [-0.3, -0.25) is 4.90 Å². The van der Waals surface area contributed by atoms with Gasteiger partial charge in [-0.25, -0.2) is 0 Å². The van der Waals surface area contributed by atoms with E-state index in [9.17, 15) is 18.3 Å². The number of aliphatic hydroxyl groups is 1. The largest absolute Gasteiger partial charge is 0.416 e. The van der Waals surface area contributed by atoms with Crippen molar-refractivity contribution in [2.24, 2.45) is 17.8 Å². The minimum absolute atomic E-state index is 0.363. The normalized spacial score (nSPS) is 28.8. The van der Waals surface area contributed by atoms with Gasteiger partial charge >= 0.3 is 6.18 Å². The first kappa shape index (κ1) is 20.9. The molecule has 0 unspecified atom stereocenters. The van der Waals surface area contributed by atoms with Crippen molar-refractivity contribution in [3.63, 3.8) is 0 Å². The van der Waals surface area contributed by atoms with Gasteiger partial charge in [0, 0.05) is 45.0 Å². The Hall–Kier alpha value is -1.31. The van der Waals surface area contributed by atoms with Crippen LogP contribution in [-0.4, -0.2) is 62.0 Å². The molecule has 1 aromatic rings. The van der Waals surface area contributed by atoms with Gasteiger partial charge in [-0.1, -0.05) is 12.5 Å². The van der Waals surface area contributed by atoms with E-state index < -0.39 is 17.8 Å². The number of halogens is 3. The Bertz CT molecular complexity index is 676. The maximum absolute atomic E-state index is 12.9. The van der Waals surface area contributed by atoms with Crippen LogP contribution in [0.15, 0.2) is 24.3 Å². The number of benzene rings is 1. The Morgan fingerprint density at radius 1 is 1.10 bits per heavy atom. The molecule has 0 aromatic heterocycles. The summed E-state index contributed by atoms with van der Waals surface area (Å²) in [6, 6.07) is 5.51. The van der Waals surface area contributed by atoms with Crippen LogP contribution in [-0.2, 0) is 10.9 Å². The molecule has 2 saturated carbocycles. The third kappa shape index (κ3) is 5.25. The summed E-state index contributed by atoms with van der Waals surface area (Å²) >= 11 is 0. The third-order valence-electron chi connectivity index (χ3n) is 6.91. The zero-order valence-corrected chi connectivity index (χ0v) is 16.8. The second-order valence-electron chi connectivity index (χ2n) is 8.96. The van der Waals surface area contributed by atoms with E-state index in [0.29, 0.717) is 37.8 Å². The number of alkyl halides is 3. The van der Waals surface area contributed by atoms with Crippen molar-refractivity contribution in [1.29, 1.82) is 0 Å². The molecule has 2 bridgehead atoms. The summed E-state index contributed by atoms with van der Waals surface area (Å²) in [5.41, 5.74) is -0.00490. The van der Waals surface area contributed by atoms with Crippen molar-refractivity contribution in [1.82, 2.24) is 4.90 Å². The topological polar surface area (TPSA) is 35.9 Å². The van der Waals surface area contributed by atoms with E-state index in [1.54, 1.807) is 6.07 Å². The molecule has 3 aliphatic rings. The summed E-state index contributed by atoms with van der Waals surface area (Å²) in [5, 5.41) is 10.3. The van der Waals surface area contributed by atoms with Crippen molar-refractivity contribution in [2.45, 2.75) is 38.0 Å². The van der Waals surface area contributed by atoms with Crippen molar-refractivity contribution >= 4 is 5.69 Å². The molecule has 4 nitrogen and oxygen atoms in total. The number of hydrogen-bond acceptors (Lipinski definition) is 4. The highest BCUT2D eigenvalue weighted by atomic mass is 19.4. The fraction of sp³-hybridized carbons (Fsp3) is 0.727. The Labute approximate surface area is 170 Å². The molecule has 4 rings (SSSR count). The highest BCUT2D eigenvalue weighted by Gasteiger charge is 2.39. The second kappa shape index (κ2) is 8.82. The molecule has 29 heavy (non-hydrogen) atoms. The Balaban J connectivity index is 1.17. The van der Waals surface area contributed by atoms with Crippen LogP contribution in [0.1, 0.15) is 31.2 Å². The van der Waals surface area contributed by atoms with E-state index in [1.807, 2.05) is 4.90 Å². The van der Waals surface area contributed by atoms with Crippen molar-refractivity contribution < 1.29 is 23.0 Å². The molecule has 7 heteroatoms. The standard InChI is InChI=1S/C22H31F3N2O2/c23-22(24,25)19-2-1-3-20(12-19)27-8-6-26(7-9-27)13-21(28)15-29-14-18-11-16-4-5-17(18)10-16/h1-3,12,16-18,21,28H,4-11,13-15H2/t16-,17-,18+,21+/m1/s1. The lowest BCUT2D eigenvalue weighted by molar-refractivity contribution is -0.137. The van der Waals surface area contributed by atoms with Gasteiger partial charge in [0.05, 0.1) is 18.3 Å². The Morgan fingerprint density at radius 3 is 2.55 bits per heavy atom. The number of nitrogens with zero attached hydrogens (tertiary/aromatic N) is 2. The summed E-state index contributed by atoms with van der Waals surface area (Å²) < 4.78 is 44.6. The summed E-state index contributed by atoms with van der Waals surface area (Å²) in [4.78, 5) is 4.14. The average Bonchev–Trinajstić information content (AvgIpc) is 3.31. The van der Waals surface area contributed by atoms with E-state index in [0.717, 1.165) is 37.6 Å². The molecule has 1 aromatic carbocycles. The lowest BCUT2D eigenvalue weighted by Crippen LogP contribution is -2.49. The molecule has 1 N–H and O–H groups in total. The maximum atomic E-state index is 12.9. The van der Waals surface area contributed by atoms with Crippen LogP contribution >= 0.6 is 0 Å². The predicted octanol–water partition coefficient (Wildman–Crippen LogP) is 3.64. The van der Waals surface area contributed by atoms with Crippen LogP contribution in [0.2, 0.25) is 0 Å². The fourth-order valence-electron chi connectivity index (χ4n) is 5.35. The van der Waals surface area contributed by atoms with E-state index in [4.69, 9.17) is 4.74 Å². The molecule has 4 atom stereocenters. The number of piperazine rings is 1. The summed E-state index contributed by atoms with van der Waals surface area (Å²) in [7, 11) is 0. The number of fused-ring (bicyclic) bond motifs is 2. The van der Waals surface area contributed by atoms with E-state index in [1.165, 1.54) is 37.8 Å². The van der Waals surface area contributed by atoms with Crippen LogP contribution in [0.25, 0.3) is 0 Å². The van der Waals surface area contributed by atoms with Crippen LogP contribution < -0.4 is 4.90 Å². The number of β-amino-alcohol motifs (C(OH)–C–C–N with tert-alkyl or cyclic N) is 1. The van der Waals surface area contributed by atoms with Crippen molar-refractivity contribution in [3.05, 3.63) is 29.8 Å². The lowest BCUT2D eigenvalue weighted by Gasteiger charge is -2.37. The molecule has 0 spiro atoms. The van der Waals surface area contributed by atoms with Gasteiger partial charge in [-0.2, -0.15) is 13.2 Å². The van der Waals surface area contributed by atoms with Gasteiger partial charge in [-0.05, 0) is 55.2 Å². The quantitative estimate of drug-likeness (QED) is 0.742. The van der Waals surface area contributed by atoms with E-state index >= 15 is 0 Å². The SMILES string of the molecule is O[C@H](COC[C@@H]1C[C@@H]2CC[C@@H]1C2)CN1CCN(c2cccc(C(F)(F)F)c2)CC1. The monoisotopic (exact) mass is 412 g/mol. The van der Waals surface area contributed by atoms with E-state index in [-0.39, 0.29) is 0 Å². The molecular weight excluding hydrogens is 381 g/mol. The van der Waals surface area contributed by atoms with Gasteiger partial charge in [0.15, 0.2) is 0 Å². The first-order valence-corrected chi connectivity index (χ1v) is 10.8. The molecule has 0 radical (unpaired) electrons. The highest BCUT2D eigenvalue weighted by Crippen LogP contribution is 2.48. The first-order chi connectivity index (χ1) is 13.9. The van der Waals surface area contributed by atoms with Gasteiger partial charge in [-0.15, -0.1) is 0 Å². The molecule has 2 aliphatic carbocycles. The average molecular weight is 412 g/mol. The smallest absolute Gasteiger partial charge is 0.389 e. The predicted molar refractivity (Wildman–Crippen MR) is 106 cm³/mol. The molecule has 1 heterocycles. The van der Waals surface area contributed by atoms with Crippen LogP contribution in [0.5, 0.6) is 0 Å². The second-order valence-corrected chi connectivity index (χ2v) is 8.96. The molecule has 162 valence electrons. The van der Waals surface area contributed by atoms with Crippen molar-refractivity contribution in [3.8, 4) is 0 Å². The zero-order valence-electron chi connectivity index (χ0n) is 16.8. The van der Waals surface area contributed by atoms with E-state index in [2.05, 4.69) is 4.90 Å². The van der Waals surface area contributed by atoms with Gasteiger partial charge in [0.25, 0.3) is 0 Å². The van der Waals surface area contributed by atoms with Crippen LogP contribution in [0.3, 0.4) is 0 Å². The maximum Gasteiger partial charge on any atom is 0.416 e. The van der Waals surface area contributed by atoms with Crippen molar-refractivity contribution in [2.75, 3.05) is 50.8 Å². The number of anilines is 1. The van der Waals surface area contributed by atoms with Crippen LogP contribution in [0.4, 0.5) is 18.9 Å². The number of aliphatic hydroxyl groups excluding tert-OH is 1. The molecule has 3 fully saturated rings. The minimum atomic E-state index is -4.32. The molecule has 1 saturated heterocycles. The van der Waals surface area contributed by atoms with Crippen LogP contribution in [0, 0.1) is 17.8 Å².